The van der Waals surface area contributed by atoms with Crippen molar-refractivity contribution in [1.29, 1.82) is 0 Å². The minimum Gasteiger partial charge on any atom is -0.271 e. The second kappa shape index (κ2) is 6.18. The van der Waals surface area contributed by atoms with Crippen molar-refractivity contribution < 1.29 is 8.78 Å². The monoisotopic (exact) mass is 327 g/mol. The highest BCUT2D eigenvalue weighted by molar-refractivity contribution is 9.10. The van der Waals surface area contributed by atoms with E-state index in [2.05, 4.69) is 26.3 Å². The van der Waals surface area contributed by atoms with Crippen LogP contribution in [-0.4, -0.2) is 4.98 Å². The fourth-order valence-electron chi connectivity index (χ4n) is 1.82. The number of hydrogen-bond donors (Lipinski definition) is 2. The van der Waals surface area contributed by atoms with Gasteiger partial charge >= 0.3 is 0 Å². The third kappa shape index (κ3) is 3.15. The summed E-state index contributed by atoms with van der Waals surface area (Å²) in [6, 6.07) is 5.96. The van der Waals surface area contributed by atoms with Gasteiger partial charge in [0, 0.05) is 12.4 Å². The molecule has 0 bridgehead atoms. The summed E-state index contributed by atoms with van der Waals surface area (Å²) in [4.78, 5) is 3.92. The van der Waals surface area contributed by atoms with Crippen molar-refractivity contribution in [2.45, 2.75) is 12.5 Å². The minimum atomic E-state index is -0.910. The van der Waals surface area contributed by atoms with Crippen molar-refractivity contribution in [2.75, 3.05) is 0 Å². The lowest BCUT2D eigenvalue weighted by molar-refractivity contribution is 0.491. The van der Waals surface area contributed by atoms with Crippen LogP contribution in [0.15, 0.2) is 41.1 Å². The Bertz CT molecular complexity index is 563. The number of aromatic nitrogens is 1. The molecule has 1 heterocycles. The SMILES string of the molecule is NNC(Cc1ccncc1)c1ccc(F)c(F)c1Br. The summed E-state index contributed by atoms with van der Waals surface area (Å²) in [6.07, 6.45) is 3.88. The van der Waals surface area contributed by atoms with Crippen molar-refractivity contribution >= 4 is 15.9 Å². The van der Waals surface area contributed by atoms with Crippen molar-refractivity contribution in [3.8, 4) is 0 Å². The zero-order valence-corrected chi connectivity index (χ0v) is 11.5. The summed E-state index contributed by atoms with van der Waals surface area (Å²) in [7, 11) is 0. The number of rotatable bonds is 4. The zero-order chi connectivity index (χ0) is 13.8. The van der Waals surface area contributed by atoms with E-state index in [1.807, 2.05) is 12.1 Å². The Morgan fingerprint density at radius 2 is 1.89 bits per heavy atom. The average molecular weight is 328 g/mol. The van der Waals surface area contributed by atoms with Crippen LogP contribution in [-0.2, 0) is 6.42 Å². The van der Waals surface area contributed by atoms with Crippen molar-refractivity contribution in [3.63, 3.8) is 0 Å². The molecule has 0 aliphatic carbocycles. The van der Waals surface area contributed by atoms with Gasteiger partial charge in [-0.2, -0.15) is 0 Å². The Hall–Kier alpha value is -1.37. The predicted molar refractivity (Wildman–Crippen MR) is 72.1 cm³/mol. The molecule has 2 rings (SSSR count). The van der Waals surface area contributed by atoms with E-state index < -0.39 is 11.6 Å². The van der Waals surface area contributed by atoms with E-state index in [4.69, 9.17) is 5.84 Å². The molecule has 0 saturated carbocycles. The van der Waals surface area contributed by atoms with E-state index in [1.54, 1.807) is 12.4 Å². The highest BCUT2D eigenvalue weighted by Crippen LogP contribution is 2.29. The highest BCUT2D eigenvalue weighted by atomic mass is 79.9. The number of benzene rings is 1. The number of nitrogens with two attached hydrogens (primary N) is 1. The molecule has 6 heteroatoms. The molecule has 0 saturated heterocycles. The maximum absolute atomic E-state index is 13.5. The summed E-state index contributed by atoms with van der Waals surface area (Å²) in [5.74, 6) is 3.70. The summed E-state index contributed by atoms with van der Waals surface area (Å²) in [6.45, 7) is 0. The Morgan fingerprint density at radius 1 is 1.21 bits per heavy atom. The first-order valence-corrected chi connectivity index (χ1v) is 6.41. The van der Waals surface area contributed by atoms with E-state index in [1.165, 1.54) is 6.07 Å². The Labute approximate surface area is 117 Å². The quantitative estimate of drug-likeness (QED) is 0.515. The lowest BCUT2D eigenvalue weighted by atomic mass is 10.00. The maximum atomic E-state index is 13.5. The molecule has 2 aromatic rings. The van der Waals surface area contributed by atoms with E-state index in [0.717, 1.165) is 11.6 Å². The van der Waals surface area contributed by atoms with E-state index in [0.29, 0.717) is 12.0 Å². The Morgan fingerprint density at radius 3 is 2.53 bits per heavy atom. The zero-order valence-electron chi connectivity index (χ0n) is 9.91. The highest BCUT2D eigenvalue weighted by Gasteiger charge is 2.18. The molecule has 1 aromatic heterocycles. The Kier molecular flexibility index (Phi) is 4.57. The van der Waals surface area contributed by atoms with Gasteiger partial charge < -0.3 is 0 Å². The molecule has 0 radical (unpaired) electrons. The molecule has 1 atom stereocenters. The molecule has 0 spiro atoms. The van der Waals surface area contributed by atoms with E-state index in [-0.39, 0.29) is 10.5 Å². The van der Waals surface area contributed by atoms with Gasteiger partial charge in [0.25, 0.3) is 0 Å². The van der Waals surface area contributed by atoms with Crippen LogP contribution in [0.2, 0.25) is 0 Å². The lowest BCUT2D eigenvalue weighted by Crippen LogP contribution is -2.30. The van der Waals surface area contributed by atoms with Gasteiger partial charge in [-0.15, -0.1) is 0 Å². The average Bonchev–Trinajstić information content (AvgIpc) is 2.44. The summed E-state index contributed by atoms with van der Waals surface area (Å²) in [5.41, 5.74) is 4.18. The molecule has 0 aliphatic rings. The van der Waals surface area contributed by atoms with Crippen LogP contribution in [0.4, 0.5) is 8.78 Å². The molecule has 1 aromatic carbocycles. The minimum absolute atomic E-state index is 0.0875. The number of nitrogens with zero attached hydrogens (tertiary/aromatic N) is 1. The first-order chi connectivity index (χ1) is 9.13. The van der Waals surface area contributed by atoms with Gasteiger partial charge in [0.15, 0.2) is 11.6 Å². The number of halogens is 3. The van der Waals surface area contributed by atoms with Gasteiger partial charge in [-0.25, -0.2) is 8.78 Å². The van der Waals surface area contributed by atoms with Gasteiger partial charge in [-0.3, -0.25) is 16.3 Å². The normalized spacial score (nSPS) is 12.4. The van der Waals surface area contributed by atoms with E-state index >= 15 is 0 Å². The molecule has 3 nitrogen and oxygen atoms in total. The van der Waals surface area contributed by atoms with Crippen molar-refractivity contribution in [3.05, 3.63) is 63.9 Å². The number of nitrogens with one attached hydrogen (secondary N) is 1. The molecule has 0 amide bonds. The van der Waals surface area contributed by atoms with Crippen LogP contribution in [0.1, 0.15) is 17.2 Å². The maximum Gasteiger partial charge on any atom is 0.173 e. The molecule has 1 unspecified atom stereocenters. The first kappa shape index (κ1) is 14.0. The van der Waals surface area contributed by atoms with Crippen LogP contribution >= 0.6 is 15.9 Å². The van der Waals surface area contributed by atoms with Gasteiger partial charge in [0.2, 0.25) is 0 Å². The van der Waals surface area contributed by atoms with Crippen LogP contribution in [0, 0.1) is 11.6 Å². The second-order valence-electron chi connectivity index (χ2n) is 4.04. The van der Waals surface area contributed by atoms with E-state index in [9.17, 15) is 8.78 Å². The molecule has 100 valence electrons. The van der Waals surface area contributed by atoms with Gasteiger partial charge in [-0.1, -0.05) is 6.07 Å². The third-order valence-corrected chi connectivity index (χ3v) is 3.64. The molecule has 0 fully saturated rings. The molecule has 0 aliphatic heterocycles. The summed E-state index contributed by atoms with van der Waals surface area (Å²) >= 11 is 3.06. The largest absolute Gasteiger partial charge is 0.271 e. The van der Waals surface area contributed by atoms with Gasteiger partial charge in [0.05, 0.1) is 10.5 Å². The second-order valence-corrected chi connectivity index (χ2v) is 4.84. The van der Waals surface area contributed by atoms with Crippen molar-refractivity contribution in [1.82, 2.24) is 10.4 Å². The standard InChI is InChI=1S/C13H12BrF2N3/c14-12-9(1-2-10(15)13(12)16)11(19-17)7-8-3-5-18-6-4-8/h1-6,11,19H,7,17H2. The molecular formula is C13H12BrF2N3. The van der Waals surface area contributed by atoms with Gasteiger partial charge in [0.1, 0.15) is 0 Å². The first-order valence-electron chi connectivity index (χ1n) is 5.62. The van der Waals surface area contributed by atoms with Crippen molar-refractivity contribution in [2.24, 2.45) is 5.84 Å². The molecule has 19 heavy (non-hydrogen) atoms. The fraction of sp³-hybridized carbons (Fsp3) is 0.154. The lowest BCUT2D eigenvalue weighted by Gasteiger charge is -2.18. The molecular weight excluding hydrogens is 316 g/mol. The topological polar surface area (TPSA) is 50.9 Å². The van der Waals surface area contributed by atoms with Gasteiger partial charge in [-0.05, 0) is 51.7 Å². The summed E-state index contributed by atoms with van der Waals surface area (Å²) < 4.78 is 26.7. The fourth-order valence-corrected chi connectivity index (χ4v) is 2.42. The van der Waals surface area contributed by atoms with Crippen LogP contribution in [0.3, 0.4) is 0 Å². The number of pyridine rings is 1. The number of hydrazine groups is 1. The Balaban J connectivity index is 2.30. The number of hydrogen-bond acceptors (Lipinski definition) is 3. The predicted octanol–water partition coefficient (Wildman–Crippen LogP) is 2.87. The van der Waals surface area contributed by atoms with Crippen LogP contribution in [0.25, 0.3) is 0 Å². The smallest absolute Gasteiger partial charge is 0.173 e. The molecule has 3 N–H and O–H groups in total. The third-order valence-electron chi connectivity index (χ3n) is 2.83. The van der Waals surface area contributed by atoms with Crippen LogP contribution < -0.4 is 11.3 Å². The summed E-state index contributed by atoms with van der Waals surface area (Å²) in [5, 5.41) is 0. The van der Waals surface area contributed by atoms with Crippen LogP contribution in [0.5, 0.6) is 0 Å².